The second kappa shape index (κ2) is 14.0. The predicted molar refractivity (Wildman–Crippen MR) is 220 cm³/mol. The number of benzene rings is 2. The number of hydrogen-bond acceptors (Lipinski definition) is 10. The van der Waals surface area contributed by atoms with Crippen molar-refractivity contribution in [3.8, 4) is 11.1 Å². The smallest absolute Gasteiger partial charge is 0.342 e. The van der Waals surface area contributed by atoms with Crippen LogP contribution in [0.2, 0.25) is 0 Å². The molecule has 5 heterocycles. The van der Waals surface area contributed by atoms with Crippen molar-refractivity contribution in [2.45, 2.75) is 58.4 Å². The van der Waals surface area contributed by atoms with E-state index in [1.54, 1.807) is 6.20 Å². The molecule has 4 bridgehead atoms. The van der Waals surface area contributed by atoms with E-state index in [0.717, 1.165) is 83.2 Å². The van der Waals surface area contributed by atoms with Crippen molar-refractivity contribution in [2.75, 3.05) is 48.8 Å². The highest BCUT2D eigenvalue weighted by molar-refractivity contribution is 7.22. The molecule has 3 N–H and O–H groups in total. The summed E-state index contributed by atoms with van der Waals surface area (Å²) >= 11 is 1.44. The lowest BCUT2D eigenvalue weighted by molar-refractivity contribution is 0.0169. The molecule has 4 aromatic heterocycles. The predicted octanol–water partition coefficient (Wildman–Crippen LogP) is 7.91. The molecule has 2 atom stereocenters. The Kier molecular flexibility index (Phi) is 8.81. The normalized spacial score (nSPS) is 23.1. The number of hydrogen-bond donors (Lipinski definition) is 3. The van der Waals surface area contributed by atoms with Crippen molar-refractivity contribution in [3.63, 3.8) is 0 Å². The number of ether oxygens (including phenoxy) is 1. The van der Waals surface area contributed by atoms with Crippen LogP contribution >= 0.6 is 11.3 Å². The summed E-state index contributed by atoms with van der Waals surface area (Å²) in [7, 11) is 1.40. The molecule has 4 saturated carbocycles. The number of thiazole rings is 1. The van der Waals surface area contributed by atoms with Gasteiger partial charge in [0.2, 0.25) is 0 Å². The van der Waals surface area contributed by atoms with Crippen molar-refractivity contribution in [3.05, 3.63) is 83.9 Å². The molecular formula is C43H47N9O3S. The fourth-order valence-electron chi connectivity index (χ4n) is 10.6. The molecule has 2 aromatic carbocycles. The summed E-state index contributed by atoms with van der Waals surface area (Å²) in [6, 6.07) is 15.7. The summed E-state index contributed by atoms with van der Waals surface area (Å²) in [5.41, 5.74) is 6.72. The van der Waals surface area contributed by atoms with E-state index in [1.807, 2.05) is 65.3 Å². The maximum absolute atomic E-state index is 14.1. The number of pyridine rings is 1. The third-order valence-electron chi connectivity index (χ3n) is 12.9. The van der Waals surface area contributed by atoms with Gasteiger partial charge in [-0.05, 0) is 98.6 Å². The van der Waals surface area contributed by atoms with E-state index in [1.165, 1.54) is 63.4 Å². The Morgan fingerprint density at radius 1 is 0.982 bits per heavy atom. The largest absolute Gasteiger partial charge is 0.465 e. The van der Waals surface area contributed by atoms with Gasteiger partial charge in [0.1, 0.15) is 11.4 Å². The van der Waals surface area contributed by atoms with Crippen LogP contribution in [0.25, 0.3) is 27.0 Å². The van der Waals surface area contributed by atoms with E-state index >= 15 is 0 Å². The number of carbonyl (C=O) groups is 2. The highest BCUT2D eigenvalue weighted by Gasteiger charge is 2.48. The van der Waals surface area contributed by atoms with Crippen LogP contribution in [0.1, 0.15) is 71.4 Å². The molecule has 5 fully saturated rings. The first-order valence-electron chi connectivity index (χ1n) is 20.0. The number of piperazine rings is 1. The van der Waals surface area contributed by atoms with E-state index in [0.29, 0.717) is 38.8 Å². The summed E-state index contributed by atoms with van der Waals surface area (Å²) in [5, 5.41) is 15.4. The van der Waals surface area contributed by atoms with Gasteiger partial charge in [-0.2, -0.15) is 5.10 Å². The Balaban J connectivity index is 0.978. The average Bonchev–Trinajstić information content (AvgIpc) is 3.87. The number of esters is 1. The second-order valence-corrected chi connectivity index (χ2v) is 17.6. The zero-order valence-corrected chi connectivity index (χ0v) is 32.7. The number of para-hydroxylation sites is 1. The third kappa shape index (κ3) is 6.30. The Hall–Kier alpha value is -5.27. The van der Waals surface area contributed by atoms with Crippen LogP contribution in [0, 0.1) is 30.1 Å². The molecular weight excluding hydrogens is 723 g/mol. The summed E-state index contributed by atoms with van der Waals surface area (Å²) < 4.78 is 10.4. The Morgan fingerprint density at radius 2 is 1.77 bits per heavy atom. The molecule has 1 saturated heterocycles. The quantitative estimate of drug-likeness (QED) is 0.126. The second-order valence-electron chi connectivity index (χ2n) is 16.5. The molecule has 1 aliphatic heterocycles. The van der Waals surface area contributed by atoms with Crippen molar-refractivity contribution in [1.82, 2.24) is 29.5 Å². The lowest BCUT2D eigenvalue weighted by Crippen LogP contribution is -2.43. The molecule has 288 valence electrons. The van der Waals surface area contributed by atoms with Crippen LogP contribution in [0.4, 0.5) is 22.3 Å². The van der Waals surface area contributed by atoms with E-state index in [-0.39, 0.29) is 5.91 Å². The van der Waals surface area contributed by atoms with Crippen molar-refractivity contribution >= 4 is 61.4 Å². The maximum atomic E-state index is 14.1. The van der Waals surface area contributed by atoms with E-state index in [4.69, 9.17) is 14.8 Å². The lowest BCUT2D eigenvalue weighted by atomic mass is 9.58. The van der Waals surface area contributed by atoms with Gasteiger partial charge in [0.15, 0.2) is 10.8 Å². The molecule has 0 radical (unpaired) electrons. The molecule has 2 unspecified atom stereocenters. The van der Waals surface area contributed by atoms with Crippen LogP contribution in [0.3, 0.4) is 0 Å². The van der Waals surface area contributed by atoms with E-state index < -0.39 is 5.97 Å². The zero-order valence-electron chi connectivity index (χ0n) is 31.9. The number of amides is 1. The number of carbonyl (C=O) groups excluding carboxylic acids is 2. The first-order chi connectivity index (χ1) is 27.3. The van der Waals surface area contributed by atoms with Crippen molar-refractivity contribution in [2.24, 2.45) is 23.2 Å². The highest BCUT2D eigenvalue weighted by atomic mass is 32.1. The number of nitrogens with zero attached hydrogens (tertiary/aromatic N) is 6. The minimum Gasteiger partial charge on any atom is -0.465 e. The average molecular weight is 770 g/mol. The number of nitrogens with one attached hydrogen (secondary N) is 3. The van der Waals surface area contributed by atoms with Crippen LogP contribution in [-0.2, 0) is 11.3 Å². The van der Waals surface area contributed by atoms with Gasteiger partial charge in [0, 0.05) is 61.4 Å². The highest BCUT2D eigenvalue weighted by Crippen LogP contribution is 2.58. The number of fused-ring (bicyclic) bond motifs is 3. The molecule has 12 nitrogen and oxygen atoms in total. The van der Waals surface area contributed by atoms with E-state index in [9.17, 15) is 9.59 Å². The third-order valence-corrected chi connectivity index (χ3v) is 13.9. The minimum absolute atomic E-state index is 0.272. The van der Waals surface area contributed by atoms with Gasteiger partial charge in [-0.25, -0.2) is 14.8 Å². The molecule has 5 aliphatic rings. The Bertz CT molecular complexity index is 2430. The van der Waals surface area contributed by atoms with Crippen LogP contribution in [0.5, 0.6) is 0 Å². The van der Waals surface area contributed by atoms with Crippen molar-refractivity contribution < 1.29 is 14.3 Å². The Labute approximate surface area is 329 Å². The monoisotopic (exact) mass is 769 g/mol. The van der Waals surface area contributed by atoms with Gasteiger partial charge < -0.3 is 20.3 Å². The number of rotatable bonds is 9. The maximum Gasteiger partial charge on any atom is 0.342 e. The number of methoxy groups -OCH3 is 1. The van der Waals surface area contributed by atoms with Gasteiger partial charge in [0.25, 0.3) is 5.91 Å². The van der Waals surface area contributed by atoms with Crippen LogP contribution in [-0.4, -0.2) is 69.3 Å². The SMILES string of the molecule is COC(=O)c1c(-c2cnn(CC34CC5CCC(CC(C5)C3)C4)c2C)ccn2c(Nc3ccc(N4CCNCC4)cc3C(=O)Nc3nc4ccccc4s3)cnc12. The standard InChI is InChI=1S/C43H47N9O3S/c1-26-33(23-46-52(26)25-43-20-27-7-8-28(21-43)18-29(17-27)22-43)31-11-14-51-37(24-45-39(51)38(31)41(54)55-2)47-34-10-9-30(50-15-12-44-13-16-50)19-32(34)40(53)49-42-48-35-5-3-4-6-36(35)56-42/h3-6,9-11,14,19,23-24,27-29,44,47H,7-8,12-13,15-18,20-22,25H2,1-2H3,(H,48,49,53). The topological polar surface area (TPSA) is 131 Å². The number of anilines is 4. The zero-order chi connectivity index (χ0) is 38.0. The molecule has 4 aliphatic carbocycles. The summed E-state index contributed by atoms with van der Waals surface area (Å²) in [4.78, 5) is 39.4. The molecule has 56 heavy (non-hydrogen) atoms. The first kappa shape index (κ1) is 35.2. The molecule has 1 amide bonds. The van der Waals surface area contributed by atoms with Gasteiger partial charge in [-0.1, -0.05) is 36.3 Å². The van der Waals surface area contributed by atoms with Gasteiger partial charge in [-0.3, -0.25) is 19.2 Å². The fourth-order valence-corrected chi connectivity index (χ4v) is 11.5. The van der Waals surface area contributed by atoms with Crippen LogP contribution in [0.15, 0.2) is 67.1 Å². The lowest BCUT2D eigenvalue weighted by Gasteiger charge is -2.48. The van der Waals surface area contributed by atoms with Crippen LogP contribution < -0.4 is 20.9 Å². The molecule has 13 heteroatoms. The Morgan fingerprint density at radius 3 is 2.55 bits per heavy atom. The molecule has 6 aromatic rings. The summed E-state index contributed by atoms with van der Waals surface area (Å²) in [6.07, 6.45) is 15.0. The first-order valence-corrected chi connectivity index (χ1v) is 20.8. The number of aromatic nitrogens is 5. The van der Waals surface area contributed by atoms with Gasteiger partial charge in [-0.15, -0.1) is 0 Å². The molecule has 0 spiro atoms. The summed E-state index contributed by atoms with van der Waals surface area (Å²) in [5.74, 6) is 2.42. The number of imidazole rings is 1. The summed E-state index contributed by atoms with van der Waals surface area (Å²) in [6.45, 7) is 6.49. The minimum atomic E-state index is -0.469. The fraction of sp³-hybridized carbons (Fsp3) is 0.419. The van der Waals surface area contributed by atoms with Crippen molar-refractivity contribution in [1.29, 1.82) is 0 Å². The van der Waals surface area contributed by atoms with Gasteiger partial charge in [0.05, 0.1) is 41.0 Å². The molecule has 11 rings (SSSR count). The van der Waals surface area contributed by atoms with Gasteiger partial charge >= 0.3 is 5.97 Å². The van der Waals surface area contributed by atoms with E-state index in [2.05, 4.69) is 37.4 Å².